The molecule has 0 spiro atoms. The monoisotopic (exact) mass is 416 g/mol. The van der Waals surface area contributed by atoms with E-state index in [1.54, 1.807) is 0 Å². The van der Waals surface area contributed by atoms with Crippen molar-refractivity contribution < 1.29 is 14.2 Å². The van der Waals surface area contributed by atoms with Gasteiger partial charge in [-0.25, -0.2) is 0 Å². The van der Waals surface area contributed by atoms with E-state index in [1.807, 2.05) is 55.5 Å². The quantitative estimate of drug-likeness (QED) is 0.333. The van der Waals surface area contributed by atoms with E-state index in [-0.39, 0.29) is 0 Å². The fourth-order valence-electron chi connectivity index (χ4n) is 2.66. The Morgan fingerprint density at radius 1 is 1.12 bits per heavy atom. The lowest BCUT2D eigenvalue weighted by molar-refractivity contribution is -0.201. The Hall–Kier alpha value is -0.913. The molecule has 134 valence electrons. The van der Waals surface area contributed by atoms with Gasteiger partial charge in [-0.2, -0.15) is 0 Å². The Kier molecular flexibility index (Phi) is 5.86. The molecule has 0 saturated carbocycles. The summed E-state index contributed by atoms with van der Waals surface area (Å²) in [5.41, 5.74) is 1.94. The molecule has 1 heterocycles. The zero-order valence-electron chi connectivity index (χ0n) is 13.8. The van der Waals surface area contributed by atoms with Crippen LogP contribution in [-0.4, -0.2) is 12.6 Å². The van der Waals surface area contributed by atoms with E-state index in [0.29, 0.717) is 19.3 Å². The summed E-state index contributed by atoms with van der Waals surface area (Å²) < 4.78 is 17.8. The Bertz CT molecular complexity index is 721. The second-order valence-electron chi connectivity index (χ2n) is 6.04. The molecule has 1 aliphatic rings. The minimum atomic E-state index is -2.57. The molecule has 3 rings (SSSR count). The first-order valence-corrected chi connectivity index (χ1v) is 13.3. The minimum absolute atomic E-state index is 0.457. The lowest BCUT2D eigenvalue weighted by Crippen LogP contribution is -2.36. The van der Waals surface area contributed by atoms with Gasteiger partial charge in [0.1, 0.15) is 11.5 Å². The average molecular weight is 418 g/mol. The van der Waals surface area contributed by atoms with Crippen molar-refractivity contribution in [1.29, 1.82) is 0 Å². The van der Waals surface area contributed by atoms with Crippen molar-refractivity contribution in [2.24, 2.45) is 0 Å². The summed E-state index contributed by atoms with van der Waals surface area (Å²) in [6.45, 7) is 2.90. The highest BCUT2D eigenvalue weighted by Gasteiger charge is 2.34. The van der Waals surface area contributed by atoms with Crippen molar-refractivity contribution in [2.45, 2.75) is 31.8 Å². The SMILES string of the molecule is CC1(c2ccccc2)OCc2cc(OCCC[Si](Cl)(Cl)Cl)ccc2O1. The van der Waals surface area contributed by atoms with Gasteiger partial charge in [-0.3, -0.25) is 0 Å². The summed E-state index contributed by atoms with van der Waals surface area (Å²) >= 11 is 17.6. The molecule has 2 aromatic rings. The van der Waals surface area contributed by atoms with Gasteiger partial charge in [-0.15, -0.1) is 33.2 Å². The maximum atomic E-state index is 6.11. The highest BCUT2D eigenvalue weighted by molar-refractivity contribution is 7.64. The molecule has 2 aromatic carbocycles. The van der Waals surface area contributed by atoms with E-state index < -0.39 is 11.8 Å². The first-order chi connectivity index (χ1) is 11.9. The van der Waals surface area contributed by atoms with E-state index >= 15 is 0 Å². The first kappa shape index (κ1) is 18.9. The Balaban J connectivity index is 1.64. The molecule has 0 bridgehead atoms. The van der Waals surface area contributed by atoms with Crippen molar-refractivity contribution in [1.82, 2.24) is 0 Å². The Labute approximate surface area is 162 Å². The Morgan fingerprint density at radius 2 is 1.88 bits per heavy atom. The molecule has 0 aromatic heterocycles. The number of halogens is 3. The van der Waals surface area contributed by atoms with Crippen LogP contribution in [-0.2, 0) is 17.1 Å². The van der Waals surface area contributed by atoms with E-state index in [0.717, 1.165) is 29.0 Å². The average Bonchev–Trinajstić information content (AvgIpc) is 2.59. The summed E-state index contributed by atoms with van der Waals surface area (Å²) in [4.78, 5) is 0. The summed E-state index contributed by atoms with van der Waals surface area (Å²) in [5.74, 6) is 0.782. The number of benzene rings is 2. The lowest BCUT2D eigenvalue weighted by atomic mass is 10.1. The Morgan fingerprint density at radius 3 is 2.60 bits per heavy atom. The zero-order valence-corrected chi connectivity index (χ0v) is 17.1. The predicted octanol–water partition coefficient (Wildman–Crippen LogP) is 5.89. The van der Waals surface area contributed by atoms with Gasteiger partial charge >= 0.3 is 6.00 Å². The van der Waals surface area contributed by atoms with E-state index in [4.69, 9.17) is 47.4 Å². The van der Waals surface area contributed by atoms with Crippen LogP contribution in [0.3, 0.4) is 0 Å². The van der Waals surface area contributed by atoms with E-state index in [1.165, 1.54) is 0 Å². The molecule has 0 aliphatic carbocycles. The third-order valence-corrected chi connectivity index (χ3v) is 6.63. The predicted molar refractivity (Wildman–Crippen MR) is 104 cm³/mol. The van der Waals surface area contributed by atoms with Gasteiger partial charge in [0.15, 0.2) is 0 Å². The van der Waals surface area contributed by atoms with Crippen molar-refractivity contribution >= 4 is 39.2 Å². The molecule has 1 unspecified atom stereocenters. The first-order valence-electron chi connectivity index (χ1n) is 8.07. The van der Waals surface area contributed by atoms with Crippen LogP contribution in [0.15, 0.2) is 48.5 Å². The van der Waals surface area contributed by atoms with Crippen molar-refractivity contribution in [3.05, 3.63) is 59.7 Å². The van der Waals surface area contributed by atoms with Crippen LogP contribution in [0.1, 0.15) is 24.5 Å². The number of hydrogen-bond acceptors (Lipinski definition) is 3. The van der Waals surface area contributed by atoms with Gasteiger partial charge in [0.05, 0.1) is 13.2 Å². The molecule has 0 radical (unpaired) electrons. The second kappa shape index (κ2) is 7.76. The fourth-order valence-corrected chi connectivity index (χ4v) is 4.41. The molecule has 0 saturated heterocycles. The summed E-state index contributed by atoms with van der Waals surface area (Å²) in [6.07, 6.45) is 0.721. The minimum Gasteiger partial charge on any atom is -0.494 e. The number of hydrogen-bond donors (Lipinski definition) is 0. The van der Waals surface area contributed by atoms with Crippen LogP contribution in [0.25, 0.3) is 0 Å². The molecule has 0 amide bonds. The van der Waals surface area contributed by atoms with Crippen LogP contribution >= 0.6 is 33.2 Å². The van der Waals surface area contributed by atoms with Crippen LogP contribution < -0.4 is 9.47 Å². The molecule has 25 heavy (non-hydrogen) atoms. The molecule has 0 fully saturated rings. The largest absolute Gasteiger partial charge is 0.494 e. The molecule has 1 atom stereocenters. The molecular formula is C18H19Cl3O3Si. The van der Waals surface area contributed by atoms with Gasteiger partial charge in [0.2, 0.25) is 5.79 Å². The molecular weight excluding hydrogens is 399 g/mol. The number of rotatable bonds is 6. The maximum Gasteiger partial charge on any atom is 0.341 e. The molecule has 3 nitrogen and oxygen atoms in total. The highest BCUT2D eigenvalue weighted by Crippen LogP contribution is 2.38. The maximum absolute atomic E-state index is 6.11. The summed E-state index contributed by atoms with van der Waals surface area (Å²) in [6, 6.07) is 13.7. The van der Waals surface area contributed by atoms with E-state index in [9.17, 15) is 0 Å². The van der Waals surface area contributed by atoms with Gasteiger partial charge < -0.3 is 14.2 Å². The third-order valence-electron chi connectivity index (χ3n) is 4.01. The fraction of sp³-hybridized carbons (Fsp3) is 0.333. The number of fused-ring (bicyclic) bond motifs is 1. The molecule has 7 heteroatoms. The zero-order chi connectivity index (χ0) is 17.9. The summed E-state index contributed by atoms with van der Waals surface area (Å²) in [5, 5.41) is 0. The smallest absolute Gasteiger partial charge is 0.341 e. The van der Waals surface area contributed by atoms with E-state index in [2.05, 4.69) is 0 Å². The highest BCUT2D eigenvalue weighted by atomic mass is 35.8. The third kappa shape index (κ3) is 5.05. The van der Waals surface area contributed by atoms with Gasteiger partial charge in [0, 0.05) is 18.1 Å². The lowest BCUT2D eigenvalue weighted by Gasteiger charge is -2.36. The normalized spacial score (nSPS) is 19.8. The van der Waals surface area contributed by atoms with Crippen LogP contribution in [0.5, 0.6) is 11.5 Å². The van der Waals surface area contributed by atoms with Gasteiger partial charge in [-0.1, -0.05) is 30.3 Å². The van der Waals surface area contributed by atoms with Crippen molar-refractivity contribution in [2.75, 3.05) is 6.61 Å². The topological polar surface area (TPSA) is 27.7 Å². The summed E-state index contributed by atoms with van der Waals surface area (Å²) in [7, 11) is 0. The van der Waals surface area contributed by atoms with Gasteiger partial charge in [0.25, 0.3) is 0 Å². The van der Waals surface area contributed by atoms with Crippen LogP contribution in [0.4, 0.5) is 0 Å². The van der Waals surface area contributed by atoms with Crippen LogP contribution in [0.2, 0.25) is 6.04 Å². The van der Waals surface area contributed by atoms with Crippen molar-refractivity contribution in [3.8, 4) is 11.5 Å². The molecule has 1 aliphatic heterocycles. The standard InChI is InChI=1S/C18H19Cl3O3Si/c1-18(15-6-3-2-4-7-15)23-13-14-12-16(8-9-17(14)24-18)22-10-5-11-25(19,20)21/h2-4,6-9,12H,5,10-11,13H2,1H3. The molecule has 0 N–H and O–H groups in total. The second-order valence-corrected chi connectivity index (χ2v) is 15.3. The van der Waals surface area contributed by atoms with Crippen LogP contribution in [0, 0.1) is 0 Å². The number of ether oxygens (including phenoxy) is 3. The van der Waals surface area contributed by atoms with Crippen molar-refractivity contribution in [3.63, 3.8) is 0 Å². The van der Waals surface area contributed by atoms with Gasteiger partial charge in [-0.05, 0) is 30.7 Å².